The second kappa shape index (κ2) is 5.24. The minimum atomic E-state index is -0.718. The summed E-state index contributed by atoms with van der Waals surface area (Å²) in [5.74, 6) is -1.14. The Morgan fingerprint density at radius 1 is 1.24 bits per heavy atom. The van der Waals surface area contributed by atoms with Crippen molar-refractivity contribution >= 4 is 34.4 Å². The molecule has 0 fully saturated rings. The van der Waals surface area contributed by atoms with Crippen LogP contribution >= 0.6 is 23.2 Å². The number of rotatable bonds is 2. The van der Waals surface area contributed by atoms with Crippen LogP contribution in [0, 0.1) is 11.6 Å². The van der Waals surface area contributed by atoms with Gasteiger partial charge >= 0.3 is 0 Å². The second-order valence-electron chi connectivity index (χ2n) is 4.49. The zero-order chi connectivity index (χ0) is 15.1. The highest BCUT2D eigenvalue weighted by molar-refractivity contribution is 6.31. The molecule has 2 heterocycles. The first kappa shape index (κ1) is 14.2. The van der Waals surface area contributed by atoms with Crippen molar-refractivity contribution < 1.29 is 8.78 Å². The molecule has 1 unspecified atom stereocenters. The van der Waals surface area contributed by atoms with Crippen LogP contribution in [0.2, 0.25) is 5.02 Å². The van der Waals surface area contributed by atoms with Gasteiger partial charge in [-0.2, -0.15) is 0 Å². The van der Waals surface area contributed by atoms with E-state index >= 15 is 0 Å². The predicted octanol–water partition coefficient (Wildman–Crippen LogP) is 4.65. The first-order valence-corrected chi connectivity index (χ1v) is 6.93. The summed E-state index contributed by atoms with van der Waals surface area (Å²) in [6.07, 6.45) is 1.39. The number of imidazole rings is 1. The zero-order valence-corrected chi connectivity index (χ0v) is 12.3. The van der Waals surface area contributed by atoms with Crippen molar-refractivity contribution in [2.24, 2.45) is 0 Å². The number of halogens is 4. The van der Waals surface area contributed by atoms with Gasteiger partial charge in [-0.1, -0.05) is 17.7 Å². The van der Waals surface area contributed by atoms with Gasteiger partial charge in [-0.25, -0.2) is 18.7 Å². The fraction of sp³-hybridized carbons (Fsp3) is 0.143. The molecule has 21 heavy (non-hydrogen) atoms. The van der Waals surface area contributed by atoms with Gasteiger partial charge in [-0.3, -0.25) is 4.57 Å². The molecule has 0 bridgehead atoms. The van der Waals surface area contributed by atoms with Crippen LogP contribution in [0.5, 0.6) is 0 Å². The number of pyridine rings is 1. The van der Waals surface area contributed by atoms with Crippen LogP contribution < -0.4 is 0 Å². The van der Waals surface area contributed by atoms with Gasteiger partial charge in [0, 0.05) is 6.20 Å². The highest BCUT2D eigenvalue weighted by atomic mass is 35.5. The number of fused-ring (bicyclic) bond motifs is 1. The molecule has 0 N–H and O–H groups in total. The van der Waals surface area contributed by atoms with E-state index in [0.717, 1.165) is 0 Å². The van der Waals surface area contributed by atoms with Gasteiger partial charge < -0.3 is 0 Å². The summed E-state index contributed by atoms with van der Waals surface area (Å²) in [5, 5.41) is -0.174. The molecule has 0 radical (unpaired) electrons. The Hall–Kier alpha value is -1.72. The summed E-state index contributed by atoms with van der Waals surface area (Å²) in [6.45, 7) is 1.67. The third kappa shape index (κ3) is 2.36. The summed E-state index contributed by atoms with van der Waals surface area (Å²) in [4.78, 5) is 8.40. The second-order valence-corrected chi connectivity index (χ2v) is 5.58. The molecule has 0 amide bonds. The van der Waals surface area contributed by atoms with Crippen LogP contribution in [0.15, 0.2) is 30.5 Å². The maximum Gasteiger partial charge on any atom is 0.165 e. The van der Waals surface area contributed by atoms with Gasteiger partial charge in [0.2, 0.25) is 0 Å². The third-order valence-corrected chi connectivity index (χ3v) is 3.41. The van der Waals surface area contributed by atoms with Crippen molar-refractivity contribution in [3.63, 3.8) is 0 Å². The third-order valence-electron chi connectivity index (χ3n) is 3.01. The van der Waals surface area contributed by atoms with Gasteiger partial charge in [0.15, 0.2) is 5.65 Å². The van der Waals surface area contributed by atoms with E-state index in [0.29, 0.717) is 22.0 Å². The fourth-order valence-electron chi connectivity index (χ4n) is 2.15. The van der Waals surface area contributed by atoms with Crippen molar-refractivity contribution in [1.82, 2.24) is 14.5 Å². The minimum absolute atomic E-state index is 0.252. The van der Waals surface area contributed by atoms with Crippen LogP contribution in [0.4, 0.5) is 8.78 Å². The van der Waals surface area contributed by atoms with Gasteiger partial charge in [-0.15, -0.1) is 11.6 Å². The van der Waals surface area contributed by atoms with Crippen molar-refractivity contribution in [2.75, 3.05) is 0 Å². The number of para-hydroxylation sites is 1. The largest absolute Gasteiger partial charge is 0.274 e. The number of aromatic nitrogens is 3. The molecule has 2 aromatic heterocycles. The van der Waals surface area contributed by atoms with Gasteiger partial charge in [-0.05, 0) is 25.1 Å². The zero-order valence-electron chi connectivity index (χ0n) is 10.8. The Balaban J connectivity index is 2.42. The molecule has 1 aromatic carbocycles. The highest BCUT2D eigenvalue weighted by Crippen LogP contribution is 2.30. The van der Waals surface area contributed by atoms with E-state index in [2.05, 4.69) is 9.97 Å². The summed E-state index contributed by atoms with van der Waals surface area (Å²) in [5.41, 5.74) is 0.468. The highest BCUT2D eigenvalue weighted by Gasteiger charge is 2.22. The quantitative estimate of drug-likeness (QED) is 0.641. The van der Waals surface area contributed by atoms with E-state index < -0.39 is 17.0 Å². The maximum atomic E-state index is 14.1. The lowest BCUT2D eigenvalue weighted by atomic mass is 10.2. The Bertz CT molecular complexity index is 810. The molecule has 0 saturated heterocycles. The Labute approximate surface area is 129 Å². The number of nitrogens with zero attached hydrogens (tertiary/aromatic N) is 3. The van der Waals surface area contributed by atoms with Crippen LogP contribution in [-0.4, -0.2) is 14.5 Å². The fourth-order valence-corrected chi connectivity index (χ4v) is 2.45. The van der Waals surface area contributed by atoms with Crippen LogP contribution in [0.3, 0.4) is 0 Å². The van der Waals surface area contributed by atoms with Crippen molar-refractivity contribution in [3.8, 4) is 5.69 Å². The smallest absolute Gasteiger partial charge is 0.165 e. The lowest BCUT2D eigenvalue weighted by Gasteiger charge is -2.11. The molecule has 0 aliphatic rings. The van der Waals surface area contributed by atoms with E-state index in [1.165, 1.54) is 29.0 Å². The Morgan fingerprint density at radius 2 is 1.90 bits per heavy atom. The normalized spacial score (nSPS) is 12.8. The molecule has 108 valence electrons. The topological polar surface area (TPSA) is 30.7 Å². The van der Waals surface area contributed by atoms with Crippen molar-refractivity contribution in [3.05, 3.63) is 52.9 Å². The van der Waals surface area contributed by atoms with E-state index in [1.807, 2.05) is 0 Å². The summed E-state index contributed by atoms with van der Waals surface area (Å²) in [6, 6.07) is 5.20. The monoisotopic (exact) mass is 327 g/mol. The molecule has 0 saturated carbocycles. The predicted molar refractivity (Wildman–Crippen MR) is 78.1 cm³/mol. The van der Waals surface area contributed by atoms with E-state index in [9.17, 15) is 8.78 Å². The Kier molecular flexibility index (Phi) is 3.55. The van der Waals surface area contributed by atoms with Crippen LogP contribution in [0.25, 0.3) is 16.9 Å². The summed E-state index contributed by atoms with van der Waals surface area (Å²) in [7, 11) is 0. The molecule has 0 aliphatic heterocycles. The summed E-state index contributed by atoms with van der Waals surface area (Å²) >= 11 is 12.0. The molecule has 0 aliphatic carbocycles. The molecule has 0 spiro atoms. The first-order chi connectivity index (χ1) is 9.99. The molecular weight excluding hydrogens is 319 g/mol. The SMILES string of the molecule is CC(Cl)c1nc2cc(Cl)cnc2n1-c1c(F)cccc1F. The van der Waals surface area contributed by atoms with Gasteiger partial charge in [0.25, 0.3) is 0 Å². The maximum absolute atomic E-state index is 14.1. The standard InChI is InChI=1S/C14H9Cl2F2N3/c1-7(15)13-20-11-5-8(16)6-19-14(11)21(13)12-9(17)3-2-4-10(12)18/h2-7H,1H3. The minimum Gasteiger partial charge on any atom is -0.274 e. The molecular formula is C14H9Cl2F2N3. The molecule has 7 heteroatoms. The first-order valence-electron chi connectivity index (χ1n) is 6.11. The van der Waals surface area contributed by atoms with Gasteiger partial charge in [0.1, 0.15) is 28.7 Å². The molecule has 1 atom stereocenters. The van der Waals surface area contributed by atoms with Crippen LogP contribution in [-0.2, 0) is 0 Å². The molecule has 3 rings (SSSR count). The van der Waals surface area contributed by atoms with E-state index in [-0.39, 0.29) is 5.69 Å². The van der Waals surface area contributed by atoms with Gasteiger partial charge in [0.05, 0.1) is 10.4 Å². The molecule has 3 aromatic rings. The number of alkyl halides is 1. The Morgan fingerprint density at radius 3 is 2.52 bits per heavy atom. The van der Waals surface area contributed by atoms with Crippen LogP contribution in [0.1, 0.15) is 18.1 Å². The van der Waals surface area contributed by atoms with Crippen molar-refractivity contribution in [1.29, 1.82) is 0 Å². The number of hydrogen-bond acceptors (Lipinski definition) is 2. The van der Waals surface area contributed by atoms with E-state index in [1.54, 1.807) is 13.0 Å². The molecule has 3 nitrogen and oxygen atoms in total. The lowest BCUT2D eigenvalue weighted by molar-refractivity contribution is 0.567. The number of hydrogen-bond donors (Lipinski definition) is 0. The average Bonchev–Trinajstić information content (AvgIpc) is 2.77. The number of benzene rings is 1. The van der Waals surface area contributed by atoms with Crippen molar-refractivity contribution in [2.45, 2.75) is 12.3 Å². The lowest BCUT2D eigenvalue weighted by Crippen LogP contribution is -2.07. The summed E-state index contributed by atoms with van der Waals surface area (Å²) < 4.78 is 29.4. The van der Waals surface area contributed by atoms with E-state index in [4.69, 9.17) is 23.2 Å². The average molecular weight is 328 g/mol.